The minimum absolute atomic E-state index is 0.0938. The van der Waals surface area contributed by atoms with Crippen molar-refractivity contribution in [3.05, 3.63) is 77.3 Å². The molecule has 0 aliphatic carbocycles. The van der Waals surface area contributed by atoms with Crippen molar-refractivity contribution < 1.29 is 9.47 Å². The van der Waals surface area contributed by atoms with Gasteiger partial charge < -0.3 is 24.7 Å². The molecule has 0 unspecified atom stereocenters. The number of H-pyrrole nitrogens is 1. The molecule has 1 saturated heterocycles. The smallest absolute Gasteiger partial charge is 0.174 e. The van der Waals surface area contributed by atoms with E-state index in [1.807, 2.05) is 54.7 Å². The van der Waals surface area contributed by atoms with Crippen LogP contribution in [-0.4, -0.2) is 35.4 Å². The first kappa shape index (κ1) is 19.7. The number of nitrogens with zero attached hydrogens (tertiary/aromatic N) is 2. The summed E-state index contributed by atoms with van der Waals surface area (Å²) in [7, 11) is 1.63. The second kappa shape index (κ2) is 8.82. The molecule has 0 spiro atoms. The van der Waals surface area contributed by atoms with Gasteiger partial charge in [-0.1, -0.05) is 17.7 Å². The van der Waals surface area contributed by atoms with Crippen LogP contribution < -0.4 is 15.0 Å². The van der Waals surface area contributed by atoms with E-state index in [0.29, 0.717) is 29.1 Å². The Bertz CT molecular complexity index is 968. The fourth-order valence-corrected chi connectivity index (χ4v) is 4.04. The van der Waals surface area contributed by atoms with Gasteiger partial charge >= 0.3 is 0 Å². The summed E-state index contributed by atoms with van der Waals surface area (Å²) in [6, 6.07) is 15.4. The average Bonchev–Trinajstić information content (AvgIpc) is 3.37. The first-order valence-corrected chi connectivity index (χ1v) is 10.0. The number of pyridine rings is 1. The summed E-state index contributed by atoms with van der Waals surface area (Å²) in [4.78, 5) is 9.92. The number of hydrogen-bond acceptors (Lipinski definition) is 4. The Morgan fingerprint density at radius 3 is 2.76 bits per heavy atom. The number of rotatable bonds is 7. The van der Waals surface area contributed by atoms with Gasteiger partial charge in [0.1, 0.15) is 18.4 Å². The normalized spacial score (nSPS) is 18.7. The van der Waals surface area contributed by atoms with E-state index >= 15 is 0 Å². The Morgan fingerprint density at radius 2 is 2.07 bits per heavy atom. The van der Waals surface area contributed by atoms with Crippen LogP contribution in [0.15, 0.2) is 60.9 Å². The largest absolute Gasteiger partial charge is 0.490 e. The average molecular weight is 429 g/mol. The van der Waals surface area contributed by atoms with Crippen LogP contribution in [0.2, 0.25) is 5.02 Å². The molecule has 150 valence electrons. The lowest BCUT2D eigenvalue weighted by atomic mass is 10.0. The van der Waals surface area contributed by atoms with E-state index in [9.17, 15) is 0 Å². The summed E-state index contributed by atoms with van der Waals surface area (Å²) in [5.74, 6) is 0.614. The monoisotopic (exact) mass is 428 g/mol. The van der Waals surface area contributed by atoms with Crippen molar-refractivity contribution in [2.75, 3.05) is 25.2 Å². The highest BCUT2D eigenvalue weighted by molar-refractivity contribution is 7.80. The summed E-state index contributed by atoms with van der Waals surface area (Å²) in [6.45, 7) is 0.935. The third kappa shape index (κ3) is 4.07. The number of halogens is 1. The lowest BCUT2D eigenvalue weighted by Gasteiger charge is -2.27. The number of anilines is 1. The van der Waals surface area contributed by atoms with Crippen LogP contribution in [0.1, 0.15) is 23.5 Å². The number of thiocarbonyl (C=S) groups is 1. The molecule has 2 aromatic heterocycles. The second-order valence-corrected chi connectivity index (χ2v) is 7.37. The molecule has 1 aromatic carbocycles. The summed E-state index contributed by atoms with van der Waals surface area (Å²) >= 11 is 12.2. The molecule has 0 radical (unpaired) electrons. The van der Waals surface area contributed by atoms with Gasteiger partial charge in [-0.2, -0.15) is 0 Å². The molecule has 1 aliphatic rings. The quantitative estimate of drug-likeness (QED) is 0.433. The fraction of sp³-hybridized carbons (Fsp3) is 0.238. The Kier molecular flexibility index (Phi) is 5.99. The van der Waals surface area contributed by atoms with Crippen molar-refractivity contribution in [2.24, 2.45) is 0 Å². The molecule has 0 amide bonds. The van der Waals surface area contributed by atoms with Gasteiger partial charge in [-0.05, 0) is 54.7 Å². The maximum Gasteiger partial charge on any atom is 0.174 e. The van der Waals surface area contributed by atoms with Crippen molar-refractivity contribution in [2.45, 2.75) is 12.1 Å². The number of aromatic nitrogens is 2. The third-order valence-corrected chi connectivity index (χ3v) is 5.39. The number of hydrogen-bond donors (Lipinski definition) is 2. The van der Waals surface area contributed by atoms with E-state index in [1.165, 1.54) is 0 Å². The minimum Gasteiger partial charge on any atom is -0.490 e. The van der Waals surface area contributed by atoms with Gasteiger partial charge in [0.25, 0.3) is 0 Å². The van der Waals surface area contributed by atoms with E-state index in [0.717, 1.165) is 17.1 Å². The van der Waals surface area contributed by atoms with E-state index in [2.05, 4.69) is 20.2 Å². The van der Waals surface area contributed by atoms with Gasteiger partial charge in [0, 0.05) is 30.9 Å². The van der Waals surface area contributed by atoms with Gasteiger partial charge in [0.15, 0.2) is 5.11 Å². The summed E-state index contributed by atoms with van der Waals surface area (Å²) in [5.41, 5.74) is 2.83. The van der Waals surface area contributed by atoms with Crippen LogP contribution in [0.3, 0.4) is 0 Å². The summed E-state index contributed by atoms with van der Waals surface area (Å²) in [6.07, 6.45) is 3.70. The predicted molar refractivity (Wildman–Crippen MR) is 118 cm³/mol. The lowest BCUT2D eigenvalue weighted by Crippen LogP contribution is -2.29. The number of nitrogens with one attached hydrogen (secondary N) is 2. The van der Waals surface area contributed by atoms with E-state index in [-0.39, 0.29) is 12.1 Å². The molecule has 1 aliphatic heterocycles. The van der Waals surface area contributed by atoms with E-state index in [4.69, 9.17) is 33.3 Å². The summed E-state index contributed by atoms with van der Waals surface area (Å²) in [5, 5.41) is 4.55. The minimum atomic E-state index is -0.0984. The molecule has 2 N–H and O–H groups in total. The van der Waals surface area contributed by atoms with E-state index in [1.54, 1.807) is 13.3 Å². The van der Waals surface area contributed by atoms with Crippen molar-refractivity contribution in [3.8, 4) is 5.75 Å². The van der Waals surface area contributed by atoms with Crippen LogP contribution in [0.4, 0.5) is 5.69 Å². The zero-order chi connectivity index (χ0) is 20.2. The molecule has 1 fully saturated rings. The van der Waals surface area contributed by atoms with Gasteiger partial charge in [0.05, 0.1) is 23.4 Å². The van der Waals surface area contributed by atoms with Crippen molar-refractivity contribution >= 4 is 34.6 Å². The first-order valence-electron chi connectivity index (χ1n) is 9.24. The van der Waals surface area contributed by atoms with Crippen LogP contribution in [0, 0.1) is 0 Å². The SMILES string of the molecule is COCCOc1ccc(N2C(=S)N[C@@H](c3ccccn3)[C@@H]2c2ccc[nH]2)cc1Cl. The van der Waals surface area contributed by atoms with Crippen LogP contribution in [0.25, 0.3) is 0 Å². The molecule has 6 nitrogen and oxygen atoms in total. The lowest BCUT2D eigenvalue weighted by molar-refractivity contribution is 0.146. The zero-order valence-electron chi connectivity index (χ0n) is 15.8. The van der Waals surface area contributed by atoms with Crippen LogP contribution in [0.5, 0.6) is 5.75 Å². The first-order chi connectivity index (χ1) is 14.2. The number of ether oxygens (including phenoxy) is 2. The zero-order valence-corrected chi connectivity index (χ0v) is 17.4. The van der Waals surface area contributed by atoms with Gasteiger partial charge in [-0.15, -0.1) is 0 Å². The maximum absolute atomic E-state index is 6.48. The number of benzene rings is 1. The molecular formula is C21H21ClN4O2S. The van der Waals surface area contributed by atoms with Crippen molar-refractivity contribution in [3.63, 3.8) is 0 Å². The molecule has 3 aromatic rings. The molecule has 4 rings (SSSR count). The number of aromatic amines is 1. The Balaban J connectivity index is 1.68. The number of methoxy groups -OCH3 is 1. The molecule has 8 heteroatoms. The van der Waals surface area contributed by atoms with Crippen molar-refractivity contribution in [1.82, 2.24) is 15.3 Å². The standard InChI is InChI=1S/C21H21ClN4O2S/c1-27-11-12-28-18-8-7-14(13-15(18)22)26-20(17-6-4-10-24-17)19(25-21(26)29)16-5-2-3-9-23-16/h2-10,13,19-20,24H,11-12H2,1H3,(H,25,29)/t19-,20-/m0/s1. The Morgan fingerprint density at radius 1 is 1.17 bits per heavy atom. The van der Waals surface area contributed by atoms with Gasteiger partial charge in [-0.3, -0.25) is 4.98 Å². The van der Waals surface area contributed by atoms with E-state index < -0.39 is 0 Å². The van der Waals surface area contributed by atoms with Crippen LogP contribution >= 0.6 is 23.8 Å². The molecule has 2 atom stereocenters. The molecule has 29 heavy (non-hydrogen) atoms. The maximum atomic E-state index is 6.48. The Labute approximate surface area is 179 Å². The highest BCUT2D eigenvalue weighted by atomic mass is 35.5. The summed E-state index contributed by atoms with van der Waals surface area (Å²) < 4.78 is 10.7. The highest BCUT2D eigenvalue weighted by Crippen LogP contribution is 2.42. The molecular weight excluding hydrogens is 408 g/mol. The Hall–Kier alpha value is -2.61. The molecule has 0 saturated carbocycles. The predicted octanol–water partition coefficient (Wildman–Crippen LogP) is 4.27. The van der Waals surface area contributed by atoms with Crippen molar-refractivity contribution in [1.29, 1.82) is 0 Å². The second-order valence-electron chi connectivity index (χ2n) is 6.58. The van der Waals surface area contributed by atoms with Gasteiger partial charge in [-0.25, -0.2) is 0 Å². The third-order valence-electron chi connectivity index (χ3n) is 4.78. The molecule has 3 heterocycles. The fourth-order valence-electron chi connectivity index (χ4n) is 3.47. The topological polar surface area (TPSA) is 62.4 Å². The highest BCUT2D eigenvalue weighted by Gasteiger charge is 2.41. The van der Waals surface area contributed by atoms with Gasteiger partial charge in [0.2, 0.25) is 0 Å². The van der Waals surface area contributed by atoms with Crippen LogP contribution in [-0.2, 0) is 4.74 Å². The molecule has 0 bridgehead atoms.